The molecule has 64 valence electrons. The van der Waals surface area contributed by atoms with Gasteiger partial charge in [0.1, 0.15) is 12.3 Å². The van der Waals surface area contributed by atoms with Crippen LogP contribution < -0.4 is 0 Å². The monoisotopic (exact) mass is 166 g/mol. The Labute approximate surface area is 70.3 Å². The number of aliphatic hydroxyl groups excluding tert-OH is 1. The lowest BCUT2D eigenvalue weighted by Crippen LogP contribution is -2.08. The zero-order valence-electron chi connectivity index (χ0n) is 6.82. The smallest absolute Gasteiger partial charge is 0.208 e. The van der Waals surface area contributed by atoms with Crippen molar-refractivity contribution in [2.24, 2.45) is 0 Å². The summed E-state index contributed by atoms with van der Waals surface area (Å²) in [6.07, 6.45) is 3.70. The van der Waals surface area contributed by atoms with Crippen molar-refractivity contribution in [1.29, 1.82) is 0 Å². The summed E-state index contributed by atoms with van der Waals surface area (Å²) >= 11 is 0. The molecule has 0 saturated heterocycles. The van der Waals surface area contributed by atoms with Gasteiger partial charge in [0.25, 0.3) is 0 Å². The largest absolute Gasteiger partial charge is 0.388 e. The summed E-state index contributed by atoms with van der Waals surface area (Å²) in [6.45, 7) is 1.42. The zero-order valence-corrected chi connectivity index (χ0v) is 6.82. The molecule has 0 amide bonds. The summed E-state index contributed by atoms with van der Waals surface area (Å²) in [5.41, 5.74) is 0.992. The molecular formula is C8H10N2O2. The molecule has 12 heavy (non-hydrogen) atoms. The van der Waals surface area contributed by atoms with Crippen molar-refractivity contribution < 1.29 is 9.90 Å². The Hall–Kier alpha value is -1.29. The van der Waals surface area contributed by atoms with E-state index >= 15 is 0 Å². The van der Waals surface area contributed by atoms with E-state index < -0.39 is 12.4 Å². The summed E-state index contributed by atoms with van der Waals surface area (Å²) in [5, 5.41) is 8.53. The highest BCUT2D eigenvalue weighted by molar-refractivity contribution is 5.94. The first kappa shape index (κ1) is 8.80. The van der Waals surface area contributed by atoms with Crippen molar-refractivity contribution in [2.75, 3.05) is 6.61 Å². The van der Waals surface area contributed by atoms with Crippen molar-refractivity contribution in [2.45, 2.75) is 13.3 Å². The van der Waals surface area contributed by atoms with Gasteiger partial charge < -0.3 is 5.11 Å². The van der Waals surface area contributed by atoms with Gasteiger partial charge in [0.15, 0.2) is 0 Å². The molecule has 0 aliphatic rings. The minimum atomic E-state index is -0.512. The van der Waals surface area contributed by atoms with E-state index in [0.717, 1.165) is 12.1 Å². The summed E-state index contributed by atoms with van der Waals surface area (Å²) in [7, 11) is 0. The van der Waals surface area contributed by atoms with Crippen LogP contribution in [-0.2, 0) is 6.42 Å². The van der Waals surface area contributed by atoms with Gasteiger partial charge in [0, 0.05) is 6.20 Å². The van der Waals surface area contributed by atoms with Crippen LogP contribution in [0.15, 0.2) is 12.4 Å². The molecule has 0 bridgehead atoms. The van der Waals surface area contributed by atoms with Crippen LogP contribution in [0.3, 0.4) is 0 Å². The van der Waals surface area contributed by atoms with Gasteiger partial charge in [-0.1, -0.05) is 6.92 Å². The number of nitrogens with zero attached hydrogens (tertiary/aromatic N) is 2. The van der Waals surface area contributed by atoms with Crippen LogP contribution in [0, 0.1) is 0 Å². The molecule has 0 aliphatic heterocycles. The summed E-state index contributed by atoms with van der Waals surface area (Å²) in [5.74, 6) is -0.391. The maximum Gasteiger partial charge on any atom is 0.208 e. The molecule has 1 heterocycles. The van der Waals surface area contributed by atoms with E-state index in [4.69, 9.17) is 5.11 Å². The second-order valence-corrected chi connectivity index (χ2v) is 2.33. The highest BCUT2D eigenvalue weighted by atomic mass is 16.3. The van der Waals surface area contributed by atoms with E-state index in [9.17, 15) is 4.79 Å². The van der Waals surface area contributed by atoms with Gasteiger partial charge in [-0.05, 0) is 6.42 Å². The van der Waals surface area contributed by atoms with Crippen LogP contribution in [0.25, 0.3) is 0 Å². The summed E-state index contributed by atoms with van der Waals surface area (Å²) < 4.78 is 0. The molecule has 0 aromatic carbocycles. The average Bonchev–Trinajstić information content (AvgIpc) is 2.17. The van der Waals surface area contributed by atoms with Crippen molar-refractivity contribution in [3.05, 3.63) is 23.8 Å². The molecule has 0 atom stereocenters. The number of aryl methyl sites for hydroxylation is 1. The average molecular weight is 166 g/mol. The van der Waals surface area contributed by atoms with Gasteiger partial charge in [-0.25, -0.2) is 4.98 Å². The van der Waals surface area contributed by atoms with Crippen LogP contribution in [0.2, 0.25) is 0 Å². The van der Waals surface area contributed by atoms with Crippen molar-refractivity contribution >= 4 is 5.78 Å². The van der Waals surface area contributed by atoms with E-state index in [1.165, 1.54) is 6.20 Å². The van der Waals surface area contributed by atoms with E-state index in [2.05, 4.69) is 9.97 Å². The van der Waals surface area contributed by atoms with Gasteiger partial charge in [-0.15, -0.1) is 0 Å². The highest BCUT2D eigenvalue weighted by Gasteiger charge is 2.05. The molecule has 0 saturated carbocycles. The third-order valence-electron chi connectivity index (χ3n) is 1.48. The standard InChI is InChI=1S/C8H10N2O2/c1-2-6-3-9-4-7(10-6)8(12)5-11/h3-4,11H,2,5H2,1H3. The fraction of sp³-hybridized carbons (Fsp3) is 0.375. The maximum absolute atomic E-state index is 10.9. The van der Waals surface area contributed by atoms with Crippen LogP contribution in [-0.4, -0.2) is 27.5 Å². The van der Waals surface area contributed by atoms with Gasteiger partial charge in [0.05, 0.1) is 11.9 Å². The van der Waals surface area contributed by atoms with E-state index in [1.54, 1.807) is 6.20 Å². The predicted molar refractivity (Wildman–Crippen MR) is 42.8 cm³/mol. The maximum atomic E-state index is 10.9. The van der Waals surface area contributed by atoms with Crippen LogP contribution in [0.4, 0.5) is 0 Å². The number of aliphatic hydroxyl groups is 1. The quantitative estimate of drug-likeness (QED) is 0.652. The zero-order chi connectivity index (χ0) is 8.97. The first-order valence-corrected chi connectivity index (χ1v) is 3.73. The van der Waals surface area contributed by atoms with Crippen LogP contribution in [0.5, 0.6) is 0 Å². The van der Waals surface area contributed by atoms with Gasteiger partial charge >= 0.3 is 0 Å². The molecule has 4 heteroatoms. The predicted octanol–water partition coefficient (Wildman–Crippen LogP) is 0.214. The third-order valence-corrected chi connectivity index (χ3v) is 1.48. The Morgan fingerprint density at radius 2 is 2.33 bits per heavy atom. The molecule has 1 aromatic heterocycles. The molecular weight excluding hydrogens is 156 g/mol. The Morgan fingerprint density at radius 3 is 2.92 bits per heavy atom. The normalized spacial score (nSPS) is 9.83. The first-order valence-electron chi connectivity index (χ1n) is 3.73. The Balaban J connectivity index is 2.93. The van der Waals surface area contributed by atoms with Gasteiger partial charge in [-0.3, -0.25) is 9.78 Å². The van der Waals surface area contributed by atoms with E-state index in [1.807, 2.05) is 6.92 Å². The number of ketones is 1. The number of carbonyl (C=O) groups excluding carboxylic acids is 1. The third kappa shape index (κ3) is 1.85. The topological polar surface area (TPSA) is 63.1 Å². The SMILES string of the molecule is CCc1cncc(C(=O)CO)n1. The van der Waals surface area contributed by atoms with Crippen molar-refractivity contribution in [3.8, 4) is 0 Å². The number of carbonyl (C=O) groups is 1. The molecule has 0 radical (unpaired) electrons. The second kappa shape index (κ2) is 3.92. The Bertz CT molecular complexity index is 286. The van der Waals surface area contributed by atoms with Gasteiger partial charge in [0.2, 0.25) is 5.78 Å². The highest BCUT2D eigenvalue weighted by Crippen LogP contribution is 1.97. The number of hydrogen-bond donors (Lipinski definition) is 1. The fourth-order valence-electron chi connectivity index (χ4n) is 0.792. The number of rotatable bonds is 3. The lowest BCUT2D eigenvalue weighted by atomic mass is 10.3. The van der Waals surface area contributed by atoms with Gasteiger partial charge in [-0.2, -0.15) is 0 Å². The second-order valence-electron chi connectivity index (χ2n) is 2.33. The van der Waals surface area contributed by atoms with Crippen molar-refractivity contribution in [3.63, 3.8) is 0 Å². The lowest BCUT2D eigenvalue weighted by Gasteiger charge is -1.97. The van der Waals surface area contributed by atoms with Crippen LogP contribution >= 0.6 is 0 Å². The summed E-state index contributed by atoms with van der Waals surface area (Å²) in [4.78, 5) is 18.7. The Kier molecular flexibility index (Phi) is 2.88. The fourth-order valence-corrected chi connectivity index (χ4v) is 0.792. The van der Waals surface area contributed by atoms with Crippen molar-refractivity contribution in [1.82, 2.24) is 9.97 Å². The van der Waals surface area contributed by atoms with E-state index in [-0.39, 0.29) is 5.69 Å². The molecule has 4 nitrogen and oxygen atoms in total. The molecule has 1 N–H and O–H groups in total. The lowest BCUT2D eigenvalue weighted by molar-refractivity contribution is 0.0898. The van der Waals surface area contributed by atoms with E-state index in [0.29, 0.717) is 0 Å². The number of hydrogen-bond acceptors (Lipinski definition) is 4. The minimum absolute atomic E-state index is 0.233. The number of aromatic nitrogens is 2. The Morgan fingerprint density at radius 1 is 1.58 bits per heavy atom. The number of Topliss-reactive ketones (excluding diaryl/α,β-unsaturated/α-hetero) is 1. The molecule has 1 rings (SSSR count). The molecule has 1 aromatic rings. The molecule has 0 aliphatic carbocycles. The minimum Gasteiger partial charge on any atom is -0.388 e. The molecule has 0 fully saturated rings. The van der Waals surface area contributed by atoms with Crippen LogP contribution in [0.1, 0.15) is 23.1 Å². The molecule has 0 spiro atoms. The summed E-state index contributed by atoms with van der Waals surface area (Å²) in [6, 6.07) is 0. The first-order chi connectivity index (χ1) is 5.77. The molecule has 0 unspecified atom stereocenters.